The highest BCUT2D eigenvalue weighted by Gasteiger charge is 2.12. The van der Waals surface area contributed by atoms with E-state index in [4.69, 9.17) is 11.6 Å². The summed E-state index contributed by atoms with van der Waals surface area (Å²) in [6, 6.07) is 12.4. The van der Waals surface area contributed by atoms with Crippen LogP contribution in [0, 0.1) is 0 Å². The highest BCUT2D eigenvalue weighted by molar-refractivity contribution is 9.10. The molecule has 1 amide bonds. The molecule has 0 atom stereocenters. The highest BCUT2D eigenvalue weighted by Crippen LogP contribution is 2.24. The maximum absolute atomic E-state index is 12.4. The molecule has 0 unspecified atom stereocenters. The lowest BCUT2D eigenvalue weighted by Crippen LogP contribution is -2.12. The average Bonchev–Trinajstić information content (AvgIpc) is 2.96. The third kappa shape index (κ3) is 3.40. The zero-order chi connectivity index (χ0) is 16.4. The number of halogens is 2. The maximum atomic E-state index is 12.4. The number of aromatic nitrogens is 4. The van der Waals surface area contributed by atoms with Gasteiger partial charge in [-0.25, -0.2) is 4.68 Å². The SMILES string of the molecule is Cn1nnnc1-c1cccc(NC(=O)c2cc(Br)ccc2Cl)c1. The van der Waals surface area contributed by atoms with Crippen molar-refractivity contribution in [3.05, 3.63) is 57.5 Å². The monoisotopic (exact) mass is 391 g/mol. The molecule has 23 heavy (non-hydrogen) atoms. The van der Waals surface area contributed by atoms with Gasteiger partial charge in [0.1, 0.15) is 0 Å². The number of nitrogens with zero attached hydrogens (tertiary/aromatic N) is 4. The second-order valence-corrected chi connectivity index (χ2v) is 6.11. The van der Waals surface area contributed by atoms with Gasteiger partial charge in [0.15, 0.2) is 5.82 Å². The molecule has 0 saturated heterocycles. The number of carbonyl (C=O) groups is 1. The third-order valence-electron chi connectivity index (χ3n) is 3.17. The Hall–Kier alpha value is -2.25. The summed E-state index contributed by atoms with van der Waals surface area (Å²) in [6.07, 6.45) is 0. The smallest absolute Gasteiger partial charge is 0.257 e. The van der Waals surface area contributed by atoms with Crippen LogP contribution in [0.1, 0.15) is 10.4 Å². The number of nitrogens with one attached hydrogen (secondary N) is 1. The Balaban J connectivity index is 1.87. The molecule has 2 aromatic carbocycles. The van der Waals surface area contributed by atoms with Crippen molar-refractivity contribution in [1.82, 2.24) is 20.2 Å². The van der Waals surface area contributed by atoms with Crippen LogP contribution in [0.5, 0.6) is 0 Å². The molecule has 0 bridgehead atoms. The number of aryl methyl sites for hydroxylation is 1. The molecule has 0 fully saturated rings. The van der Waals surface area contributed by atoms with Crippen molar-refractivity contribution in [2.45, 2.75) is 0 Å². The van der Waals surface area contributed by atoms with Crippen molar-refractivity contribution < 1.29 is 4.79 Å². The first-order valence-corrected chi connectivity index (χ1v) is 7.81. The number of anilines is 1. The lowest BCUT2D eigenvalue weighted by atomic mass is 10.1. The number of rotatable bonds is 3. The van der Waals surface area contributed by atoms with Crippen molar-refractivity contribution in [3.8, 4) is 11.4 Å². The number of hydrogen-bond acceptors (Lipinski definition) is 4. The Kier molecular flexibility index (Phi) is 4.40. The van der Waals surface area contributed by atoms with E-state index in [0.29, 0.717) is 22.1 Å². The Morgan fingerprint density at radius 1 is 1.26 bits per heavy atom. The first-order chi connectivity index (χ1) is 11.0. The summed E-state index contributed by atoms with van der Waals surface area (Å²) >= 11 is 9.41. The number of benzene rings is 2. The molecular formula is C15H11BrClN5O. The molecule has 3 aromatic rings. The van der Waals surface area contributed by atoms with Crippen LogP contribution >= 0.6 is 27.5 Å². The second kappa shape index (κ2) is 6.47. The summed E-state index contributed by atoms with van der Waals surface area (Å²) < 4.78 is 2.34. The molecule has 0 saturated carbocycles. The third-order valence-corrected chi connectivity index (χ3v) is 3.99. The number of tetrazole rings is 1. The Morgan fingerprint density at radius 2 is 2.09 bits per heavy atom. The van der Waals surface area contributed by atoms with Crippen molar-refractivity contribution in [3.63, 3.8) is 0 Å². The normalized spacial score (nSPS) is 10.6. The molecule has 1 heterocycles. The van der Waals surface area contributed by atoms with Crippen molar-refractivity contribution in [1.29, 1.82) is 0 Å². The maximum Gasteiger partial charge on any atom is 0.257 e. The zero-order valence-corrected chi connectivity index (χ0v) is 14.3. The fraction of sp³-hybridized carbons (Fsp3) is 0.0667. The van der Waals surface area contributed by atoms with E-state index in [1.165, 1.54) is 0 Å². The van der Waals surface area contributed by atoms with Crippen LogP contribution in [0.15, 0.2) is 46.9 Å². The molecule has 0 spiro atoms. The molecule has 1 aromatic heterocycles. The largest absolute Gasteiger partial charge is 0.322 e. The van der Waals surface area contributed by atoms with Gasteiger partial charge in [-0.3, -0.25) is 4.79 Å². The van der Waals surface area contributed by atoms with Gasteiger partial charge in [0.05, 0.1) is 10.6 Å². The molecule has 0 aliphatic rings. The number of carbonyl (C=O) groups excluding carboxylic acids is 1. The topological polar surface area (TPSA) is 72.7 Å². The number of amides is 1. The minimum absolute atomic E-state index is 0.287. The minimum Gasteiger partial charge on any atom is -0.322 e. The fourth-order valence-corrected chi connectivity index (χ4v) is 2.64. The fourth-order valence-electron chi connectivity index (χ4n) is 2.08. The van der Waals surface area contributed by atoms with Gasteiger partial charge in [0, 0.05) is 22.8 Å². The van der Waals surface area contributed by atoms with Gasteiger partial charge in [0.25, 0.3) is 5.91 Å². The Labute approximate surface area is 145 Å². The van der Waals surface area contributed by atoms with Gasteiger partial charge in [-0.2, -0.15) is 0 Å². The van der Waals surface area contributed by atoms with Crippen molar-refractivity contribution in [2.24, 2.45) is 7.05 Å². The highest BCUT2D eigenvalue weighted by atomic mass is 79.9. The van der Waals surface area contributed by atoms with E-state index in [9.17, 15) is 4.79 Å². The summed E-state index contributed by atoms with van der Waals surface area (Å²) in [6.45, 7) is 0. The molecule has 0 radical (unpaired) electrons. The number of hydrogen-bond donors (Lipinski definition) is 1. The standard InChI is InChI=1S/C15H11BrClN5O/c1-22-14(19-20-21-22)9-3-2-4-11(7-9)18-15(23)12-8-10(16)5-6-13(12)17/h2-8H,1H3,(H,18,23). The van der Waals surface area contributed by atoms with E-state index < -0.39 is 0 Å². The van der Waals surface area contributed by atoms with Gasteiger partial charge >= 0.3 is 0 Å². The van der Waals surface area contributed by atoms with E-state index in [1.54, 1.807) is 42.1 Å². The summed E-state index contributed by atoms with van der Waals surface area (Å²) in [5.41, 5.74) is 1.83. The second-order valence-electron chi connectivity index (χ2n) is 4.79. The molecule has 116 valence electrons. The predicted molar refractivity (Wildman–Crippen MR) is 91.3 cm³/mol. The summed E-state index contributed by atoms with van der Waals surface area (Å²) in [5, 5.41) is 14.6. The van der Waals surface area contributed by atoms with Crippen molar-refractivity contribution in [2.75, 3.05) is 5.32 Å². The van der Waals surface area contributed by atoms with Gasteiger partial charge in [-0.15, -0.1) is 5.10 Å². The van der Waals surface area contributed by atoms with Crippen LogP contribution in [-0.2, 0) is 7.05 Å². The van der Waals surface area contributed by atoms with E-state index >= 15 is 0 Å². The van der Waals surface area contributed by atoms with Crippen LogP contribution in [0.2, 0.25) is 5.02 Å². The van der Waals surface area contributed by atoms with E-state index in [0.717, 1.165) is 10.0 Å². The minimum atomic E-state index is -0.287. The van der Waals surface area contributed by atoms with Crippen molar-refractivity contribution >= 4 is 39.1 Å². The lowest BCUT2D eigenvalue weighted by molar-refractivity contribution is 0.102. The first kappa shape index (κ1) is 15.6. The van der Waals surface area contributed by atoms with E-state index in [1.807, 2.05) is 12.1 Å². The Bertz CT molecular complexity index is 880. The van der Waals surface area contributed by atoms with E-state index in [2.05, 4.69) is 36.8 Å². The van der Waals surface area contributed by atoms with Gasteiger partial charge in [0.2, 0.25) is 0 Å². The molecule has 0 aliphatic heterocycles. The van der Waals surface area contributed by atoms with Crippen LogP contribution in [0.3, 0.4) is 0 Å². The molecule has 0 aliphatic carbocycles. The molecule has 3 rings (SSSR count). The summed E-state index contributed by atoms with van der Waals surface area (Å²) in [5.74, 6) is 0.325. The molecule has 6 nitrogen and oxygen atoms in total. The molecular weight excluding hydrogens is 382 g/mol. The van der Waals surface area contributed by atoms with Gasteiger partial charge in [-0.05, 0) is 40.8 Å². The first-order valence-electron chi connectivity index (χ1n) is 6.64. The average molecular weight is 393 g/mol. The predicted octanol–water partition coefficient (Wildman–Crippen LogP) is 3.55. The van der Waals surface area contributed by atoms with Crippen LogP contribution < -0.4 is 5.32 Å². The summed E-state index contributed by atoms with van der Waals surface area (Å²) in [4.78, 5) is 12.4. The van der Waals surface area contributed by atoms with Gasteiger partial charge < -0.3 is 5.32 Å². The zero-order valence-electron chi connectivity index (χ0n) is 12.0. The van der Waals surface area contributed by atoms with Crippen LogP contribution in [0.4, 0.5) is 5.69 Å². The molecule has 8 heteroatoms. The quantitative estimate of drug-likeness (QED) is 0.740. The van der Waals surface area contributed by atoms with Crippen LogP contribution in [0.25, 0.3) is 11.4 Å². The van der Waals surface area contributed by atoms with E-state index in [-0.39, 0.29) is 5.91 Å². The van der Waals surface area contributed by atoms with Crippen LogP contribution in [-0.4, -0.2) is 26.1 Å². The van der Waals surface area contributed by atoms with Gasteiger partial charge in [-0.1, -0.05) is 39.7 Å². The Morgan fingerprint density at radius 3 is 2.83 bits per heavy atom. The molecule has 1 N–H and O–H groups in total. The lowest BCUT2D eigenvalue weighted by Gasteiger charge is -2.08. The summed E-state index contributed by atoms with van der Waals surface area (Å²) in [7, 11) is 1.75.